The van der Waals surface area contributed by atoms with Crippen molar-refractivity contribution < 1.29 is 9.59 Å². The highest BCUT2D eigenvalue weighted by Gasteiger charge is 2.33. The maximum absolute atomic E-state index is 13.2. The number of hydrogen-bond donors (Lipinski definition) is 1. The predicted octanol–water partition coefficient (Wildman–Crippen LogP) is 2.84. The quantitative estimate of drug-likeness (QED) is 0.747. The van der Waals surface area contributed by atoms with Gasteiger partial charge in [-0.05, 0) is 37.6 Å². The first-order chi connectivity index (χ1) is 14.1. The molecule has 0 aliphatic carbocycles. The highest BCUT2D eigenvalue weighted by Crippen LogP contribution is 2.27. The third-order valence-electron chi connectivity index (χ3n) is 5.16. The van der Waals surface area contributed by atoms with Crippen molar-refractivity contribution in [3.63, 3.8) is 0 Å². The van der Waals surface area contributed by atoms with Crippen molar-refractivity contribution >= 4 is 11.8 Å². The van der Waals surface area contributed by atoms with Crippen LogP contribution >= 0.6 is 0 Å². The molecule has 7 nitrogen and oxygen atoms in total. The second-order valence-corrected chi connectivity index (χ2v) is 7.11. The maximum atomic E-state index is 13.2. The van der Waals surface area contributed by atoms with Gasteiger partial charge in [-0.25, -0.2) is 4.98 Å². The molecular weight excluding hydrogens is 366 g/mol. The molecule has 2 aromatic carbocycles. The summed E-state index contributed by atoms with van der Waals surface area (Å²) in [5, 5.41) is 7.17. The van der Waals surface area contributed by atoms with Crippen LogP contribution in [0.2, 0.25) is 0 Å². The SMILES string of the molecule is Cc1nc(C2CCN(C(=O)c3ccccc3)CCN2C(=O)c2ccccc2)n[nH]1. The number of aromatic amines is 1. The summed E-state index contributed by atoms with van der Waals surface area (Å²) in [5.74, 6) is 1.19. The van der Waals surface area contributed by atoms with E-state index in [9.17, 15) is 9.59 Å². The summed E-state index contributed by atoms with van der Waals surface area (Å²) in [7, 11) is 0. The molecule has 0 bridgehead atoms. The van der Waals surface area contributed by atoms with Crippen LogP contribution in [-0.2, 0) is 0 Å². The highest BCUT2D eigenvalue weighted by molar-refractivity contribution is 5.95. The number of nitrogens with one attached hydrogen (secondary N) is 1. The van der Waals surface area contributed by atoms with Crippen molar-refractivity contribution in [3.05, 3.63) is 83.4 Å². The molecule has 0 spiro atoms. The Labute approximate surface area is 169 Å². The van der Waals surface area contributed by atoms with Gasteiger partial charge in [0.1, 0.15) is 5.82 Å². The van der Waals surface area contributed by atoms with Crippen LogP contribution in [0.5, 0.6) is 0 Å². The third kappa shape index (κ3) is 4.03. The van der Waals surface area contributed by atoms with Crippen molar-refractivity contribution in [1.82, 2.24) is 25.0 Å². The first-order valence-corrected chi connectivity index (χ1v) is 9.73. The number of carbonyl (C=O) groups excluding carboxylic acids is 2. The van der Waals surface area contributed by atoms with Gasteiger partial charge in [-0.15, -0.1) is 0 Å². The molecule has 1 atom stereocenters. The number of nitrogens with zero attached hydrogens (tertiary/aromatic N) is 4. The molecule has 0 radical (unpaired) electrons. The van der Waals surface area contributed by atoms with E-state index in [4.69, 9.17) is 0 Å². The number of aryl methyl sites for hydroxylation is 1. The fraction of sp³-hybridized carbons (Fsp3) is 0.273. The summed E-state index contributed by atoms with van der Waals surface area (Å²) in [6.45, 7) is 3.25. The number of carbonyl (C=O) groups is 2. The summed E-state index contributed by atoms with van der Waals surface area (Å²) >= 11 is 0. The maximum Gasteiger partial charge on any atom is 0.254 e. The van der Waals surface area contributed by atoms with Gasteiger partial charge in [-0.2, -0.15) is 5.10 Å². The van der Waals surface area contributed by atoms with E-state index in [0.29, 0.717) is 48.8 Å². The summed E-state index contributed by atoms with van der Waals surface area (Å²) in [6, 6.07) is 18.1. The Morgan fingerprint density at radius 3 is 2.10 bits per heavy atom. The fourth-order valence-electron chi connectivity index (χ4n) is 3.66. The number of benzene rings is 2. The van der Waals surface area contributed by atoms with Gasteiger partial charge in [0.15, 0.2) is 5.82 Å². The van der Waals surface area contributed by atoms with E-state index >= 15 is 0 Å². The first-order valence-electron chi connectivity index (χ1n) is 9.73. The van der Waals surface area contributed by atoms with Crippen molar-refractivity contribution in [2.24, 2.45) is 0 Å². The summed E-state index contributed by atoms with van der Waals surface area (Å²) in [6.07, 6.45) is 0.578. The molecule has 2 heterocycles. The zero-order valence-corrected chi connectivity index (χ0v) is 16.3. The van der Waals surface area contributed by atoms with Crippen molar-refractivity contribution in [1.29, 1.82) is 0 Å². The topological polar surface area (TPSA) is 82.2 Å². The van der Waals surface area contributed by atoms with E-state index in [2.05, 4.69) is 15.2 Å². The second kappa shape index (κ2) is 8.26. The lowest BCUT2D eigenvalue weighted by Crippen LogP contribution is -2.38. The molecule has 3 aromatic rings. The fourth-order valence-corrected chi connectivity index (χ4v) is 3.66. The van der Waals surface area contributed by atoms with Gasteiger partial charge in [0.2, 0.25) is 0 Å². The van der Waals surface area contributed by atoms with E-state index in [1.54, 1.807) is 21.9 Å². The van der Waals surface area contributed by atoms with E-state index < -0.39 is 0 Å². The van der Waals surface area contributed by atoms with Crippen LogP contribution in [0.1, 0.15) is 44.8 Å². The number of hydrogen-bond acceptors (Lipinski definition) is 4. The predicted molar refractivity (Wildman–Crippen MR) is 108 cm³/mol. The molecule has 1 aliphatic heterocycles. The Kier molecular flexibility index (Phi) is 5.37. The normalized spacial score (nSPS) is 17.1. The molecule has 4 rings (SSSR count). The van der Waals surface area contributed by atoms with Gasteiger partial charge in [-0.1, -0.05) is 36.4 Å². The Balaban J connectivity index is 1.61. The standard InChI is InChI=1S/C22H23N5O2/c1-16-23-20(25-24-16)19-12-13-26(21(28)17-8-4-2-5-9-17)14-15-27(19)22(29)18-10-6-3-7-11-18/h2-11,19H,12-15H2,1H3,(H,23,24,25). The molecule has 7 heteroatoms. The van der Waals surface area contributed by atoms with E-state index in [1.807, 2.05) is 55.5 Å². The van der Waals surface area contributed by atoms with Gasteiger partial charge in [0.05, 0.1) is 6.04 Å². The van der Waals surface area contributed by atoms with Crippen molar-refractivity contribution in [3.8, 4) is 0 Å². The Morgan fingerprint density at radius 1 is 0.897 bits per heavy atom. The second-order valence-electron chi connectivity index (χ2n) is 7.11. The van der Waals surface area contributed by atoms with Gasteiger partial charge in [0, 0.05) is 30.8 Å². The number of H-pyrrole nitrogens is 1. The van der Waals surface area contributed by atoms with Crippen LogP contribution in [-0.4, -0.2) is 56.4 Å². The monoisotopic (exact) mass is 389 g/mol. The van der Waals surface area contributed by atoms with Crippen LogP contribution < -0.4 is 0 Å². The zero-order chi connectivity index (χ0) is 20.2. The molecule has 0 saturated carbocycles. The van der Waals surface area contributed by atoms with Gasteiger partial charge >= 0.3 is 0 Å². The number of rotatable bonds is 3. The summed E-state index contributed by atoms with van der Waals surface area (Å²) < 4.78 is 0. The molecule has 1 fully saturated rings. The van der Waals surface area contributed by atoms with Crippen LogP contribution in [0.3, 0.4) is 0 Å². The minimum Gasteiger partial charge on any atom is -0.337 e. The van der Waals surface area contributed by atoms with Gasteiger partial charge < -0.3 is 9.80 Å². The molecule has 1 N–H and O–H groups in total. The highest BCUT2D eigenvalue weighted by atomic mass is 16.2. The average Bonchev–Trinajstić information content (AvgIpc) is 3.07. The molecule has 1 aliphatic rings. The van der Waals surface area contributed by atoms with E-state index in [0.717, 1.165) is 0 Å². The minimum atomic E-state index is -0.291. The Morgan fingerprint density at radius 2 is 1.52 bits per heavy atom. The van der Waals surface area contributed by atoms with Crippen molar-refractivity contribution in [2.45, 2.75) is 19.4 Å². The third-order valence-corrected chi connectivity index (χ3v) is 5.16. The molecule has 148 valence electrons. The Hall–Kier alpha value is -3.48. The number of aromatic nitrogens is 3. The zero-order valence-electron chi connectivity index (χ0n) is 16.3. The molecule has 1 unspecified atom stereocenters. The molecule has 1 aromatic heterocycles. The molecule has 29 heavy (non-hydrogen) atoms. The van der Waals surface area contributed by atoms with Crippen LogP contribution in [0.15, 0.2) is 60.7 Å². The minimum absolute atomic E-state index is 0.0236. The summed E-state index contributed by atoms with van der Waals surface area (Å²) in [4.78, 5) is 34.2. The molecule has 1 saturated heterocycles. The van der Waals surface area contributed by atoms with E-state index in [1.165, 1.54) is 0 Å². The Bertz CT molecular complexity index is 987. The van der Waals surface area contributed by atoms with Crippen LogP contribution in [0.25, 0.3) is 0 Å². The lowest BCUT2D eigenvalue weighted by atomic mass is 10.1. The molecular formula is C22H23N5O2. The average molecular weight is 389 g/mol. The van der Waals surface area contributed by atoms with Crippen LogP contribution in [0, 0.1) is 6.92 Å². The smallest absolute Gasteiger partial charge is 0.254 e. The summed E-state index contributed by atoms with van der Waals surface area (Å²) in [5.41, 5.74) is 1.27. The van der Waals surface area contributed by atoms with Crippen molar-refractivity contribution in [2.75, 3.05) is 19.6 Å². The van der Waals surface area contributed by atoms with Gasteiger partial charge in [0.25, 0.3) is 11.8 Å². The number of amides is 2. The molecule has 2 amide bonds. The lowest BCUT2D eigenvalue weighted by molar-refractivity contribution is 0.0664. The first kappa shape index (κ1) is 18.9. The lowest BCUT2D eigenvalue weighted by Gasteiger charge is -2.27. The van der Waals surface area contributed by atoms with Crippen LogP contribution in [0.4, 0.5) is 0 Å². The van der Waals surface area contributed by atoms with E-state index in [-0.39, 0.29) is 17.9 Å². The van der Waals surface area contributed by atoms with Gasteiger partial charge in [-0.3, -0.25) is 14.7 Å². The largest absolute Gasteiger partial charge is 0.337 e.